The number of aryl methyl sites for hydroxylation is 1. The summed E-state index contributed by atoms with van der Waals surface area (Å²) < 4.78 is 12.6. The van der Waals surface area contributed by atoms with Crippen LogP contribution in [0.5, 0.6) is 5.75 Å². The molecule has 0 N–H and O–H groups in total. The van der Waals surface area contributed by atoms with E-state index < -0.39 is 5.60 Å². The third kappa shape index (κ3) is 3.40. The monoisotopic (exact) mass is 433 g/mol. The second-order valence-corrected chi connectivity index (χ2v) is 8.86. The van der Waals surface area contributed by atoms with Crippen LogP contribution >= 0.6 is 0 Å². The van der Waals surface area contributed by atoms with Gasteiger partial charge in [0.05, 0.1) is 13.2 Å². The molecule has 1 atom stereocenters. The maximum absolute atomic E-state index is 7.03. The lowest BCUT2D eigenvalue weighted by Gasteiger charge is -2.38. The second kappa shape index (κ2) is 8.09. The van der Waals surface area contributed by atoms with Gasteiger partial charge in [0.25, 0.3) is 0 Å². The third-order valence-electron chi connectivity index (χ3n) is 6.82. The third-order valence-corrected chi connectivity index (χ3v) is 6.82. The Morgan fingerprint density at radius 1 is 0.758 bits per heavy atom. The Hall–Kier alpha value is -3.56. The summed E-state index contributed by atoms with van der Waals surface area (Å²) in [6.07, 6.45) is 4.47. The molecular weight excluding hydrogens is 406 g/mol. The molecule has 0 saturated carbocycles. The van der Waals surface area contributed by atoms with Crippen LogP contribution in [-0.4, -0.2) is 26.3 Å². The number of hydrogen-bond donors (Lipinski definition) is 0. The van der Waals surface area contributed by atoms with Crippen LogP contribution in [-0.2, 0) is 10.3 Å². The Kier molecular flexibility index (Phi) is 4.92. The molecule has 4 aromatic rings. The second-order valence-electron chi connectivity index (χ2n) is 8.86. The van der Waals surface area contributed by atoms with Crippen LogP contribution in [0.2, 0.25) is 0 Å². The number of hydrogen-bond acceptors (Lipinski definition) is 3. The predicted octanol–water partition coefficient (Wildman–Crippen LogP) is 6.33. The Bertz CT molecular complexity index is 1320. The first-order valence-corrected chi connectivity index (χ1v) is 11.6. The minimum atomic E-state index is -0.674. The molecule has 2 aliphatic heterocycles. The van der Waals surface area contributed by atoms with Crippen LogP contribution in [0.3, 0.4) is 0 Å². The summed E-state index contributed by atoms with van der Waals surface area (Å²) in [5, 5.41) is 2.48. The highest BCUT2D eigenvalue weighted by Crippen LogP contribution is 2.46. The average Bonchev–Trinajstić information content (AvgIpc) is 2.89. The molecule has 0 spiro atoms. The van der Waals surface area contributed by atoms with Gasteiger partial charge in [-0.15, -0.1) is 0 Å². The fraction of sp³-hybridized carbons (Fsp3) is 0.200. The summed E-state index contributed by atoms with van der Waals surface area (Å²) in [4.78, 5) is 2.42. The standard InChI is InChI=1S/C30H27NO2/c1-22-11-13-24(14-12-22)30(23-7-3-2-4-8-23)16-15-27-25-9-5-6-10-26(25)28(21-29(27)33-30)31-17-19-32-20-18-31/h2-16,21H,17-20H2,1H3. The SMILES string of the molecule is Cc1ccc(C2(c3ccccc3)C=Cc3c(cc(N4CCOCC4)c4ccccc34)O2)cc1. The van der Waals surface area contributed by atoms with Gasteiger partial charge in [-0.05, 0) is 24.5 Å². The van der Waals surface area contributed by atoms with Crippen molar-refractivity contribution in [3.05, 3.63) is 113 Å². The fourth-order valence-electron chi connectivity index (χ4n) is 5.05. The molecule has 0 bridgehead atoms. The molecule has 6 rings (SSSR count). The molecule has 0 aromatic heterocycles. The summed E-state index contributed by atoms with van der Waals surface area (Å²) in [6, 6.07) is 30.1. The lowest BCUT2D eigenvalue weighted by Crippen LogP contribution is -2.37. The van der Waals surface area contributed by atoms with E-state index in [1.54, 1.807) is 0 Å². The number of fused-ring (bicyclic) bond motifs is 3. The van der Waals surface area contributed by atoms with Crippen molar-refractivity contribution in [3.8, 4) is 5.75 Å². The summed E-state index contributed by atoms with van der Waals surface area (Å²) in [6.45, 7) is 5.40. The first-order valence-electron chi connectivity index (χ1n) is 11.6. The topological polar surface area (TPSA) is 21.7 Å². The van der Waals surface area contributed by atoms with E-state index >= 15 is 0 Å². The highest BCUT2D eigenvalue weighted by atomic mass is 16.5. The van der Waals surface area contributed by atoms with Gasteiger partial charge in [-0.3, -0.25) is 0 Å². The van der Waals surface area contributed by atoms with Gasteiger partial charge in [-0.2, -0.15) is 0 Å². The summed E-state index contributed by atoms with van der Waals surface area (Å²) in [7, 11) is 0. The van der Waals surface area contributed by atoms with Gasteiger partial charge in [0.1, 0.15) is 5.75 Å². The molecule has 0 aliphatic carbocycles. The largest absolute Gasteiger partial charge is 0.473 e. The summed E-state index contributed by atoms with van der Waals surface area (Å²) >= 11 is 0. The molecule has 3 nitrogen and oxygen atoms in total. The maximum Gasteiger partial charge on any atom is 0.178 e. The van der Waals surface area contributed by atoms with Crippen molar-refractivity contribution in [1.29, 1.82) is 0 Å². The summed E-state index contributed by atoms with van der Waals surface area (Å²) in [5.41, 5.74) is 5.17. The first-order chi connectivity index (χ1) is 16.2. The van der Waals surface area contributed by atoms with Crippen molar-refractivity contribution in [2.24, 2.45) is 0 Å². The molecule has 3 heteroatoms. The first kappa shape index (κ1) is 20.1. The molecule has 0 radical (unpaired) electrons. The van der Waals surface area contributed by atoms with Crippen LogP contribution in [0.4, 0.5) is 5.69 Å². The molecule has 1 unspecified atom stereocenters. The predicted molar refractivity (Wildman–Crippen MR) is 135 cm³/mol. The highest BCUT2D eigenvalue weighted by Gasteiger charge is 2.37. The number of ether oxygens (including phenoxy) is 2. The fourth-order valence-corrected chi connectivity index (χ4v) is 5.05. The minimum absolute atomic E-state index is 0.674. The van der Waals surface area contributed by atoms with E-state index in [0.717, 1.165) is 48.7 Å². The Balaban J connectivity index is 1.56. The number of benzene rings is 4. The van der Waals surface area contributed by atoms with E-state index in [2.05, 4.69) is 109 Å². The smallest absolute Gasteiger partial charge is 0.178 e. The van der Waals surface area contributed by atoms with Crippen LogP contribution in [0.1, 0.15) is 22.3 Å². The van der Waals surface area contributed by atoms with Crippen molar-refractivity contribution in [3.63, 3.8) is 0 Å². The van der Waals surface area contributed by atoms with Crippen LogP contribution < -0.4 is 9.64 Å². The van der Waals surface area contributed by atoms with Gasteiger partial charge in [-0.25, -0.2) is 0 Å². The van der Waals surface area contributed by atoms with E-state index in [9.17, 15) is 0 Å². The van der Waals surface area contributed by atoms with Gasteiger partial charge in [0.2, 0.25) is 0 Å². The molecule has 2 heterocycles. The Morgan fingerprint density at radius 3 is 2.18 bits per heavy atom. The maximum atomic E-state index is 7.03. The number of nitrogens with zero attached hydrogens (tertiary/aromatic N) is 1. The molecule has 0 amide bonds. The van der Waals surface area contributed by atoms with Gasteiger partial charge >= 0.3 is 0 Å². The van der Waals surface area contributed by atoms with Gasteiger partial charge in [-0.1, -0.05) is 84.4 Å². The van der Waals surface area contributed by atoms with E-state index in [1.165, 1.54) is 22.0 Å². The lowest BCUT2D eigenvalue weighted by molar-refractivity contribution is 0.122. The lowest BCUT2D eigenvalue weighted by atomic mass is 9.83. The average molecular weight is 434 g/mol. The van der Waals surface area contributed by atoms with Crippen molar-refractivity contribution in [2.75, 3.05) is 31.2 Å². The zero-order valence-corrected chi connectivity index (χ0v) is 18.8. The number of rotatable bonds is 3. The van der Waals surface area contributed by atoms with Crippen LogP contribution in [0.15, 0.2) is 91.0 Å². The quantitative estimate of drug-likeness (QED) is 0.377. The zero-order valence-electron chi connectivity index (χ0n) is 18.8. The molecule has 4 aromatic carbocycles. The normalized spacial score (nSPS) is 19.8. The van der Waals surface area contributed by atoms with Crippen molar-refractivity contribution in [2.45, 2.75) is 12.5 Å². The molecular formula is C30H27NO2. The number of morpholine rings is 1. The minimum Gasteiger partial charge on any atom is -0.473 e. The van der Waals surface area contributed by atoms with Gasteiger partial charge in [0.15, 0.2) is 5.60 Å². The van der Waals surface area contributed by atoms with Crippen LogP contribution in [0.25, 0.3) is 16.8 Å². The van der Waals surface area contributed by atoms with Crippen molar-refractivity contribution < 1.29 is 9.47 Å². The van der Waals surface area contributed by atoms with E-state index in [4.69, 9.17) is 9.47 Å². The van der Waals surface area contributed by atoms with Gasteiger partial charge in [0, 0.05) is 46.9 Å². The molecule has 164 valence electrons. The van der Waals surface area contributed by atoms with E-state index in [1.807, 2.05) is 0 Å². The van der Waals surface area contributed by atoms with Crippen molar-refractivity contribution >= 4 is 22.5 Å². The Morgan fingerprint density at radius 2 is 1.42 bits per heavy atom. The van der Waals surface area contributed by atoms with Crippen molar-refractivity contribution in [1.82, 2.24) is 0 Å². The molecule has 33 heavy (non-hydrogen) atoms. The molecule has 2 aliphatic rings. The highest BCUT2D eigenvalue weighted by molar-refractivity contribution is 6.02. The zero-order chi connectivity index (χ0) is 22.3. The van der Waals surface area contributed by atoms with E-state index in [-0.39, 0.29) is 0 Å². The molecule has 1 fully saturated rings. The summed E-state index contributed by atoms with van der Waals surface area (Å²) in [5.74, 6) is 0.919. The Labute approximate surface area is 194 Å². The number of anilines is 1. The van der Waals surface area contributed by atoms with Gasteiger partial charge < -0.3 is 14.4 Å². The molecule has 1 saturated heterocycles. The van der Waals surface area contributed by atoms with Crippen LogP contribution in [0, 0.1) is 6.92 Å². The van der Waals surface area contributed by atoms with E-state index in [0.29, 0.717) is 0 Å².